The normalized spacial score (nSPS) is 22.3. The Kier molecular flexibility index (Phi) is 4.99. The van der Waals surface area contributed by atoms with Gasteiger partial charge in [0.05, 0.1) is 18.1 Å². The maximum Gasteiger partial charge on any atom is 0.293 e. The van der Waals surface area contributed by atoms with Crippen LogP contribution in [0.4, 0.5) is 5.69 Å². The van der Waals surface area contributed by atoms with Crippen LogP contribution in [-0.4, -0.2) is 39.6 Å². The van der Waals surface area contributed by atoms with Gasteiger partial charge in [0.1, 0.15) is 5.75 Å². The summed E-state index contributed by atoms with van der Waals surface area (Å²) in [6.45, 7) is 3.35. The molecule has 1 aliphatic rings. The molecule has 1 aliphatic heterocycles. The Morgan fingerprint density at radius 2 is 2.18 bits per heavy atom. The molecule has 22 heavy (non-hydrogen) atoms. The highest BCUT2D eigenvalue weighted by molar-refractivity contribution is 7.89. The van der Waals surface area contributed by atoms with Crippen LogP contribution in [0.5, 0.6) is 5.75 Å². The van der Waals surface area contributed by atoms with Crippen molar-refractivity contribution in [2.24, 2.45) is 5.92 Å². The van der Waals surface area contributed by atoms with E-state index in [9.17, 15) is 18.5 Å². The van der Waals surface area contributed by atoms with Crippen molar-refractivity contribution in [1.29, 1.82) is 0 Å². The predicted molar refractivity (Wildman–Crippen MR) is 80.4 cm³/mol. The minimum atomic E-state index is -3.97. The summed E-state index contributed by atoms with van der Waals surface area (Å²) in [5.41, 5.74) is -0.492. The maximum absolute atomic E-state index is 12.5. The van der Waals surface area contributed by atoms with Gasteiger partial charge in [-0.15, -0.1) is 0 Å². The van der Waals surface area contributed by atoms with Crippen LogP contribution in [0.1, 0.15) is 13.3 Å². The molecule has 1 fully saturated rings. The lowest BCUT2D eigenvalue weighted by Crippen LogP contribution is -2.48. The molecule has 2 atom stereocenters. The van der Waals surface area contributed by atoms with Gasteiger partial charge in [-0.2, -0.15) is 0 Å². The smallest absolute Gasteiger partial charge is 0.293 e. The average molecular weight is 329 g/mol. The van der Waals surface area contributed by atoms with E-state index in [1.165, 1.54) is 19.2 Å². The summed E-state index contributed by atoms with van der Waals surface area (Å²) >= 11 is 0. The second-order valence-electron chi connectivity index (χ2n) is 5.29. The van der Waals surface area contributed by atoms with Gasteiger partial charge in [0, 0.05) is 6.04 Å². The van der Waals surface area contributed by atoms with Crippen LogP contribution < -0.4 is 14.8 Å². The Labute approximate surface area is 129 Å². The van der Waals surface area contributed by atoms with Gasteiger partial charge in [0.15, 0.2) is 4.90 Å². The third-order valence-corrected chi connectivity index (χ3v) is 5.28. The van der Waals surface area contributed by atoms with E-state index in [1.54, 1.807) is 0 Å². The first kappa shape index (κ1) is 16.7. The molecule has 0 bridgehead atoms. The molecule has 1 heterocycles. The van der Waals surface area contributed by atoms with Gasteiger partial charge in [0.2, 0.25) is 10.0 Å². The minimum absolute atomic E-state index is 0.112. The number of nitro benzene ring substituents is 1. The zero-order chi connectivity index (χ0) is 16.3. The Hall–Kier alpha value is -1.71. The lowest BCUT2D eigenvalue weighted by Gasteiger charge is -2.29. The van der Waals surface area contributed by atoms with Crippen molar-refractivity contribution in [2.75, 3.05) is 20.2 Å². The molecule has 8 nitrogen and oxygen atoms in total. The number of piperidine rings is 1. The van der Waals surface area contributed by atoms with E-state index in [0.29, 0.717) is 19.5 Å². The highest BCUT2D eigenvalue weighted by Crippen LogP contribution is 2.29. The molecule has 2 unspecified atom stereocenters. The number of sulfonamides is 1. The molecule has 1 saturated heterocycles. The number of methoxy groups -OCH3 is 1. The number of nitro groups is 1. The third-order valence-electron chi connectivity index (χ3n) is 3.74. The number of benzene rings is 1. The van der Waals surface area contributed by atoms with Crippen LogP contribution in [0.25, 0.3) is 0 Å². The van der Waals surface area contributed by atoms with Crippen LogP contribution in [0, 0.1) is 16.0 Å². The van der Waals surface area contributed by atoms with E-state index in [-0.39, 0.29) is 22.6 Å². The van der Waals surface area contributed by atoms with Gasteiger partial charge in [-0.05, 0) is 37.6 Å². The van der Waals surface area contributed by atoms with Crippen molar-refractivity contribution < 1.29 is 18.1 Å². The molecule has 0 radical (unpaired) electrons. The number of ether oxygens (including phenoxy) is 1. The fourth-order valence-corrected chi connectivity index (χ4v) is 3.98. The lowest BCUT2D eigenvalue weighted by atomic mass is 9.97. The van der Waals surface area contributed by atoms with Crippen LogP contribution in [-0.2, 0) is 10.0 Å². The standard InChI is InChI=1S/C13H19N3O5S/c1-9-8-14-6-5-11(9)15-22(19,20)13-4-3-10(21-2)7-12(13)16(17)18/h3-4,7,9,11,14-15H,5-6,8H2,1-2H3. The monoisotopic (exact) mass is 329 g/mol. The highest BCUT2D eigenvalue weighted by atomic mass is 32.2. The van der Waals surface area contributed by atoms with E-state index < -0.39 is 20.6 Å². The average Bonchev–Trinajstić information content (AvgIpc) is 2.48. The summed E-state index contributed by atoms with van der Waals surface area (Å²) < 4.78 is 32.5. The van der Waals surface area contributed by atoms with E-state index in [1.807, 2.05) is 6.92 Å². The summed E-state index contributed by atoms with van der Waals surface area (Å²) in [5, 5.41) is 14.3. The molecule has 0 aliphatic carbocycles. The Morgan fingerprint density at radius 3 is 2.77 bits per heavy atom. The molecule has 9 heteroatoms. The molecule has 0 spiro atoms. The number of nitrogens with one attached hydrogen (secondary N) is 2. The number of hydrogen-bond acceptors (Lipinski definition) is 6. The topological polar surface area (TPSA) is 111 Å². The fraction of sp³-hybridized carbons (Fsp3) is 0.538. The summed E-state index contributed by atoms with van der Waals surface area (Å²) in [6, 6.07) is 3.46. The van der Waals surface area contributed by atoms with Crippen molar-refractivity contribution in [3.63, 3.8) is 0 Å². The first-order valence-electron chi connectivity index (χ1n) is 6.90. The Morgan fingerprint density at radius 1 is 1.45 bits per heavy atom. The quantitative estimate of drug-likeness (QED) is 0.613. The van der Waals surface area contributed by atoms with Crippen molar-refractivity contribution in [1.82, 2.24) is 10.0 Å². The summed E-state index contributed by atoms with van der Waals surface area (Å²) in [5.74, 6) is 0.349. The van der Waals surface area contributed by atoms with Crippen LogP contribution >= 0.6 is 0 Å². The second kappa shape index (κ2) is 6.59. The number of hydrogen-bond donors (Lipinski definition) is 2. The largest absolute Gasteiger partial charge is 0.497 e. The van der Waals surface area contributed by atoms with Gasteiger partial charge >= 0.3 is 0 Å². The molecule has 0 aromatic heterocycles. The fourth-order valence-electron chi connectivity index (χ4n) is 2.45. The summed E-state index contributed by atoms with van der Waals surface area (Å²) in [6.07, 6.45) is 0.643. The van der Waals surface area contributed by atoms with Crippen LogP contribution in [0.3, 0.4) is 0 Å². The van der Waals surface area contributed by atoms with Crippen molar-refractivity contribution in [2.45, 2.75) is 24.3 Å². The van der Waals surface area contributed by atoms with E-state index in [2.05, 4.69) is 10.0 Å². The maximum atomic E-state index is 12.5. The van der Waals surface area contributed by atoms with Crippen LogP contribution in [0.15, 0.2) is 23.1 Å². The zero-order valence-corrected chi connectivity index (χ0v) is 13.2. The first-order valence-corrected chi connectivity index (χ1v) is 8.39. The molecule has 2 rings (SSSR count). The number of rotatable bonds is 5. The summed E-state index contributed by atoms with van der Waals surface area (Å²) in [7, 11) is -2.61. The minimum Gasteiger partial charge on any atom is -0.497 e. The van der Waals surface area contributed by atoms with E-state index in [0.717, 1.165) is 6.07 Å². The SMILES string of the molecule is COc1ccc(S(=O)(=O)NC2CCNCC2C)c([N+](=O)[O-])c1. The molecule has 1 aromatic carbocycles. The Bertz CT molecular complexity index is 662. The van der Waals surface area contributed by atoms with Gasteiger partial charge < -0.3 is 10.1 Å². The van der Waals surface area contributed by atoms with E-state index in [4.69, 9.17) is 4.74 Å². The Balaban J connectivity index is 2.34. The molecular formula is C13H19N3O5S. The van der Waals surface area contributed by atoms with E-state index >= 15 is 0 Å². The first-order chi connectivity index (χ1) is 10.3. The van der Waals surface area contributed by atoms with Crippen molar-refractivity contribution in [3.05, 3.63) is 28.3 Å². The predicted octanol–water partition coefficient (Wildman–Crippen LogP) is 0.880. The summed E-state index contributed by atoms with van der Waals surface area (Å²) in [4.78, 5) is 10.1. The van der Waals surface area contributed by atoms with Gasteiger partial charge in [-0.1, -0.05) is 6.92 Å². The molecule has 0 saturated carbocycles. The molecule has 122 valence electrons. The van der Waals surface area contributed by atoms with Crippen molar-refractivity contribution in [3.8, 4) is 5.75 Å². The third kappa shape index (κ3) is 3.54. The zero-order valence-electron chi connectivity index (χ0n) is 12.4. The molecule has 1 aromatic rings. The van der Waals surface area contributed by atoms with Gasteiger partial charge in [-0.3, -0.25) is 10.1 Å². The molecule has 2 N–H and O–H groups in total. The number of nitrogens with zero attached hydrogens (tertiary/aromatic N) is 1. The second-order valence-corrected chi connectivity index (χ2v) is 6.97. The van der Waals surface area contributed by atoms with Crippen molar-refractivity contribution >= 4 is 15.7 Å². The van der Waals surface area contributed by atoms with Gasteiger partial charge in [0.25, 0.3) is 5.69 Å². The lowest BCUT2D eigenvalue weighted by molar-refractivity contribution is -0.387. The highest BCUT2D eigenvalue weighted by Gasteiger charge is 2.31. The van der Waals surface area contributed by atoms with Crippen LogP contribution in [0.2, 0.25) is 0 Å². The molecular weight excluding hydrogens is 310 g/mol. The van der Waals surface area contributed by atoms with Gasteiger partial charge in [-0.25, -0.2) is 13.1 Å². The molecule has 0 amide bonds.